The highest BCUT2D eigenvalue weighted by atomic mass is 16.5. The lowest BCUT2D eigenvalue weighted by atomic mass is 9.86. The van der Waals surface area contributed by atoms with E-state index in [4.69, 9.17) is 9.47 Å². The molecular weight excluding hydrogens is 342 g/mol. The molecule has 1 aliphatic rings. The molecule has 0 N–H and O–H groups in total. The molecule has 1 heterocycles. The molecule has 2 aromatic carbocycles. The number of amides is 1. The Labute approximate surface area is 159 Å². The second kappa shape index (κ2) is 8.71. The summed E-state index contributed by atoms with van der Waals surface area (Å²) in [6.07, 6.45) is 1.60. The SMILES string of the molecule is COC(=O)C1CC(C)N(C(=O)CCCOc2ccccc2)c2ccccc21. The summed E-state index contributed by atoms with van der Waals surface area (Å²) in [5.41, 5.74) is 1.66. The Hall–Kier alpha value is -2.82. The van der Waals surface area contributed by atoms with Gasteiger partial charge in [0.25, 0.3) is 0 Å². The molecular formula is C22H25NO4. The molecule has 27 heavy (non-hydrogen) atoms. The molecule has 0 spiro atoms. The van der Waals surface area contributed by atoms with Gasteiger partial charge in [0.1, 0.15) is 5.75 Å². The number of hydrogen-bond donors (Lipinski definition) is 0. The van der Waals surface area contributed by atoms with Crippen LogP contribution in [0.15, 0.2) is 54.6 Å². The molecule has 5 heteroatoms. The molecule has 2 aromatic rings. The second-order valence-corrected chi connectivity index (χ2v) is 6.75. The third-order valence-electron chi connectivity index (χ3n) is 4.89. The minimum Gasteiger partial charge on any atom is -0.494 e. The Morgan fingerprint density at radius 2 is 1.78 bits per heavy atom. The van der Waals surface area contributed by atoms with E-state index in [9.17, 15) is 9.59 Å². The summed E-state index contributed by atoms with van der Waals surface area (Å²) in [5, 5.41) is 0. The molecule has 0 aliphatic carbocycles. The fourth-order valence-corrected chi connectivity index (χ4v) is 3.61. The van der Waals surface area contributed by atoms with Gasteiger partial charge in [0.2, 0.25) is 5.91 Å². The maximum Gasteiger partial charge on any atom is 0.313 e. The summed E-state index contributed by atoms with van der Waals surface area (Å²) in [6.45, 7) is 2.47. The quantitative estimate of drug-likeness (QED) is 0.573. The molecule has 1 aliphatic heterocycles. The molecule has 0 saturated heterocycles. The van der Waals surface area contributed by atoms with Crippen molar-refractivity contribution in [3.8, 4) is 5.75 Å². The van der Waals surface area contributed by atoms with Crippen molar-refractivity contribution in [3.63, 3.8) is 0 Å². The van der Waals surface area contributed by atoms with Crippen molar-refractivity contribution in [1.29, 1.82) is 0 Å². The zero-order valence-electron chi connectivity index (χ0n) is 15.8. The molecule has 0 aromatic heterocycles. The Bertz CT molecular complexity index is 790. The van der Waals surface area contributed by atoms with Crippen molar-refractivity contribution in [2.24, 2.45) is 0 Å². The van der Waals surface area contributed by atoms with Crippen LogP contribution in [0.25, 0.3) is 0 Å². The Kier molecular flexibility index (Phi) is 6.12. The number of hydrogen-bond acceptors (Lipinski definition) is 4. The summed E-state index contributed by atoms with van der Waals surface area (Å²) in [7, 11) is 1.40. The monoisotopic (exact) mass is 367 g/mol. The van der Waals surface area contributed by atoms with E-state index in [-0.39, 0.29) is 23.8 Å². The topological polar surface area (TPSA) is 55.8 Å². The van der Waals surface area contributed by atoms with Gasteiger partial charge in [0.15, 0.2) is 0 Å². The summed E-state index contributed by atoms with van der Waals surface area (Å²) in [4.78, 5) is 26.9. The van der Waals surface area contributed by atoms with E-state index >= 15 is 0 Å². The largest absolute Gasteiger partial charge is 0.494 e. The minimum atomic E-state index is -0.327. The minimum absolute atomic E-state index is 0.0509. The van der Waals surface area contributed by atoms with E-state index in [1.54, 1.807) is 0 Å². The molecule has 0 radical (unpaired) electrons. The van der Waals surface area contributed by atoms with Crippen molar-refractivity contribution in [2.75, 3.05) is 18.6 Å². The lowest BCUT2D eigenvalue weighted by Gasteiger charge is -2.38. The summed E-state index contributed by atoms with van der Waals surface area (Å²) < 4.78 is 10.6. The van der Waals surface area contributed by atoms with E-state index < -0.39 is 0 Å². The smallest absolute Gasteiger partial charge is 0.313 e. The number of nitrogens with zero attached hydrogens (tertiary/aromatic N) is 1. The predicted molar refractivity (Wildman–Crippen MR) is 104 cm³/mol. The summed E-state index contributed by atoms with van der Waals surface area (Å²) in [5.74, 6) is 0.279. The number of ether oxygens (including phenoxy) is 2. The van der Waals surface area contributed by atoms with Crippen LogP contribution in [0, 0.1) is 0 Å². The lowest BCUT2D eigenvalue weighted by Crippen LogP contribution is -2.44. The highest BCUT2D eigenvalue weighted by Crippen LogP contribution is 2.39. The van der Waals surface area contributed by atoms with Gasteiger partial charge in [0, 0.05) is 18.2 Å². The van der Waals surface area contributed by atoms with Crippen molar-refractivity contribution < 1.29 is 19.1 Å². The van der Waals surface area contributed by atoms with E-state index in [0.717, 1.165) is 17.0 Å². The van der Waals surface area contributed by atoms with Crippen LogP contribution in [0.3, 0.4) is 0 Å². The molecule has 0 fully saturated rings. The van der Waals surface area contributed by atoms with Gasteiger partial charge in [-0.05, 0) is 43.5 Å². The predicted octanol–water partition coefficient (Wildman–Crippen LogP) is 3.93. The maximum atomic E-state index is 12.9. The van der Waals surface area contributed by atoms with Gasteiger partial charge in [-0.3, -0.25) is 9.59 Å². The van der Waals surface area contributed by atoms with Gasteiger partial charge in [-0.25, -0.2) is 0 Å². The van der Waals surface area contributed by atoms with E-state index in [0.29, 0.717) is 25.9 Å². The van der Waals surface area contributed by atoms with Crippen molar-refractivity contribution >= 4 is 17.6 Å². The molecule has 1 amide bonds. The third kappa shape index (κ3) is 4.30. The van der Waals surface area contributed by atoms with Crippen LogP contribution in [0.2, 0.25) is 0 Å². The molecule has 3 rings (SSSR count). The zero-order chi connectivity index (χ0) is 19.2. The van der Waals surface area contributed by atoms with Crippen molar-refractivity contribution in [2.45, 2.75) is 38.1 Å². The van der Waals surface area contributed by atoms with Crippen LogP contribution < -0.4 is 9.64 Å². The number of para-hydroxylation sites is 2. The van der Waals surface area contributed by atoms with E-state index in [1.807, 2.05) is 66.4 Å². The number of carbonyl (C=O) groups excluding carboxylic acids is 2. The standard InChI is InChI=1S/C22H25NO4/c1-16-15-19(22(25)26-2)18-11-6-7-12-20(18)23(16)21(24)13-8-14-27-17-9-4-3-5-10-17/h3-7,9-12,16,19H,8,13-15H2,1-2H3. The first-order valence-electron chi connectivity index (χ1n) is 9.28. The van der Waals surface area contributed by atoms with Gasteiger partial charge in [-0.15, -0.1) is 0 Å². The fraction of sp³-hybridized carbons (Fsp3) is 0.364. The molecule has 5 nitrogen and oxygen atoms in total. The Morgan fingerprint density at radius 3 is 2.52 bits per heavy atom. The average Bonchev–Trinajstić information content (AvgIpc) is 2.70. The number of methoxy groups -OCH3 is 1. The molecule has 2 unspecified atom stereocenters. The lowest BCUT2D eigenvalue weighted by molar-refractivity contribution is -0.143. The number of rotatable bonds is 6. The number of fused-ring (bicyclic) bond motifs is 1. The van der Waals surface area contributed by atoms with Crippen LogP contribution in [0.1, 0.15) is 37.7 Å². The number of benzene rings is 2. The van der Waals surface area contributed by atoms with Crippen molar-refractivity contribution in [1.82, 2.24) is 0 Å². The Morgan fingerprint density at radius 1 is 1.07 bits per heavy atom. The number of esters is 1. The first-order valence-corrected chi connectivity index (χ1v) is 9.28. The number of carbonyl (C=O) groups is 2. The van der Waals surface area contributed by atoms with Crippen LogP contribution in [-0.4, -0.2) is 31.6 Å². The number of anilines is 1. The summed E-state index contributed by atoms with van der Waals surface area (Å²) in [6, 6.07) is 17.1. The average molecular weight is 367 g/mol. The van der Waals surface area contributed by atoms with E-state index in [1.165, 1.54) is 7.11 Å². The summed E-state index contributed by atoms with van der Waals surface area (Å²) >= 11 is 0. The molecule has 2 atom stereocenters. The van der Waals surface area contributed by atoms with Gasteiger partial charge >= 0.3 is 5.97 Å². The second-order valence-electron chi connectivity index (χ2n) is 6.75. The maximum absolute atomic E-state index is 12.9. The molecule has 0 saturated carbocycles. The van der Waals surface area contributed by atoms with Crippen LogP contribution in [0.4, 0.5) is 5.69 Å². The molecule has 142 valence electrons. The van der Waals surface area contributed by atoms with Gasteiger partial charge in [0.05, 0.1) is 19.6 Å². The van der Waals surface area contributed by atoms with Crippen LogP contribution in [0.5, 0.6) is 5.75 Å². The first kappa shape index (κ1) is 19.0. The zero-order valence-corrected chi connectivity index (χ0v) is 15.8. The Balaban J connectivity index is 1.66. The van der Waals surface area contributed by atoms with Crippen LogP contribution in [-0.2, 0) is 14.3 Å². The van der Waals surface area contributed by atoms with Gasteiger partial charge in [-0.2, -0.15) is 0 Å². The third-order valence-corrected chi connectivity index (χ3v) is 4.89. The highest BCUT2D eigenvalue weighted by molar-refractivity contribution is 5.97. The molecule has 0 bridgehead atoms. The first-order chi connectivity index (χ1) is 13.1. The fourth-order valence-electron chi connectivity index (χ4n) is 3.61. The van der Waals surface area contributed by atoms with Gasteiger partial charge in [-0.1, -0.05) is 36.4 Å². The van der Waals surface area contributed by atoms with Gasteiger partial charge < -0.3 is 14.4 Å². The van der Waals surface area contributed by atoms with Crippen LogP contribution >= 0.6 is 0 Å². The van der Waals surface area contributed by atoms with E-state index in [2.05, 4.69) is 0 Å². The highest BCUT2D eigenvalue weighted by Gasteiger charge is 2.37. The normalized spacial score (nSPS) is 18.5. The van der Waals surface area contributed by atoms with Crippen molar-refractivity contribution in [3.05, 3.63) is 60.2 Å².